The van der Waals surface area contributed by atoms with Gasteiger partial charge in [-0.25, -0.2) is 8.42 Å². The van der Waals surface area contributed by atoms with Gasteiger partial charge in [0.25, 0.3) is 0 Å². The minimum Gasteiger partial charge on any atom is -0.495 e. The van der Waals surface area contributed by atoms with Crippen LogP contribution in [0.1, 0.15) is 12.0 Å². The predicted octanol–water partition coefficient (Wildman–Crippen LogP) is 3.56. The Morgan fingerprint density at radius 2 is 1.73 bits per heavy atom. The fourth-order valence-electron chi connectivity index (χ4n) is 3.10. The van der Waals surface area contributed by atoms with E-state index >= 15 is 0 Å². The van der Waals surface area contributed by atoms with E-state index in [2.05, 4.69) is 36.1 Å². The molecule has 140 valence electrons. The second-order valence-electron chi connectivity index (χ2n) is 6.38. The van der Waals surface area contributed by atoms with E-state index in [0.29, 0.717) is 30.4 Å². The Bertz CT molecular complexity index is 869. The Balaban J connectivity index is 1.77. The van der Waals surface area contributed by atoms with E-state index in [-0.39, 0.29) is 4.90 Å². The van der Waals surface area contributed by atoms with Crippen LogP contribution in [0.3, 0.4) is 0 Å². The number of ether oxygens (including phenoxy) is 1. The maximum Gasteiger partial charge on any atom is 0.243 e. The maximum absolute atomic E-state index is 13.0. The van der Waals surface area contributed by atoms with Crippen LogP contribution < -0.4 is 9.64 Å². The number of anilines is 1. The number of methoxy groups -OCH3 is 1. The topological polar surface area (TPSA) is 49.9 Å². The summed E-state index contributed by atoms with van der Waals surface area (Å²) in [6.45, 7) is 4.49. The SMILES string of the molecule is COc1ccc(S(=O)(=O)N2CCCN(c3ccc(C)cc3)CC2)cc1Cl. The summed E-state index contributed by atoms with van der Waals surface area (Å²) in [5.41, 5.74) is 2.34. The van der Waals surface area contributed by atoms with Gasteiger partial charge in [0.2, 0.25) is 10.0 Å². The number of nitrogens with zero attached hydrogens (tertiary/aromatic N) is 2. The molecule has 0 atom stereocenters. The van der Waals surface area contributed by atoms with Crippen molar-refractivity contribution in [3.05, 3.63) is 53.1 Å². The molecule has 0 amide bonds. The van der Waals surface area contributed by atoms with Crippen molar-refractivity contribution in [1.29, 1.82) is 0 Å². The Kier molecular flexibility index (Phi) is 5.75. The minimum absolute atomic E-state index is 0.201. The zero-order valence-corrected chi connectivity index (χ0v) is 16.6. The zero-order chi connectivity index (χ0) is 18.7. The molecule has 2 aromatic carbocycles. The van der Waals surface area contributed by atoms with Gasteiger partial charge >= 0.3 is 0 Å². The first kappa shape index (κ1) is 19.0. The van der Waals surface area contributed by atoms with Crippen molar-refractivity contribution < 1.29 is 13.2 Å². The largest absolute Gasteiger partial charge is 0.495 e. The van der Waals surface area contributed by atoms with E-state index in [1.165, 1.54) is 18.7 Å². The second kappa shape index (κ2) is 7.86. The summed E-state index contributed by atoms with van der Waals surface area (Å²) in [6, 6.07) is 12.9. The minimum atomic E-state index is -3.58. The Morgan fingerprint density at radius 1 is 1.00 bits per heavy atom. The van der Waals surface area contributed by atoms with Gasteiger partial charge in [-0.05, 0) is 43.7 Å². The van der Waals surface area contributed by atoms with Crippen LogP contribution in [0.15, 0.2) is 47.4 Å². The molecule has 0 N–H and O–H groups in total. The van der Waals surface area contributed by atoms with Gasteiger partial charge in [-0.2, -0.15) is 4.31 Å². The highest BCUT2D eigenvalue weighted by Crippen LogP contribution is 2.29. The third-order valence-corrected chi connectivity index (χ3v) is 6.81. The zero-order valence-electron chi connectivity index (χ0n) is 15.0. The standard InChI is InChI=1S/C19H23ClN2O3S/c1-15-4-6-16(7-5-15)21-10-3-11-22(13-12-21)26(23,24)17-8-9-19(25-2)18(20)14-17/h4-9,14H,3,10-13H2,1-2H3. The van der Waals surface area contributed by atoms with Crippen LogP contribution in [0, 0.1) is 6.92 Å². The molecule has 0 aromatic heterocycles. The number of rotatable bonds is 4. The number of halogens is 1. The van der Waals surface area contributed by atoms with Gasteiger partial charge in [-0.15, -0.1) is 0 Å². The number of hydrogen-bond donors (Lipinski definition) is 0. The average Bonchev–Trinajstić information content (AvgIpc) is 2.89. The number of sulfonamides is 1. The Labute approximate surface area is 160 Å². The molecule has 0 aliphatic carbocycles. The molecule has 1 heterocycles. The van der Waals surface area contributed by atoms with E-state index in [1.807, 2.05) is 0 Å². The first-order valence-electron chi connectivity index (χ1n) is 8.57. The molecular formula is C19H23ClN2O3S. The van der Waals surface area contributed by atoms with Crippen LogP contribution in [0.4, 0.5) is 5.69 Å². The molecular weight excluding hydrogens is 372 g/mol. The fourth-order valence-corrected chi connectivity index (χ4v) is 4.92. The van der Waals surface area contributed by atoms with Gasteiger partial charge < -0.3 is 9.64 Å². The maximum atomic E-state index is 13.0. The molecule has 1 aliphatic rings. The van der Waals surface area contributed by atoms with Crippen molar-refractivity contribution in [2.75, 3.05) is 38.2 Å². The first-order valence-corrected chi connectivity index (χ1v) is 10.4. The quantitative estimate of drug-likeness (QED) is 0.795. The van der Waals surface area contributed by atoms with Gasteiger partial charge in [-0.3, -0.25) is 0 Å². The smallest absolute Gasteiger partial charge is 0.243 e. The summed E-state index contributed by atoms with van der Waals surface area (Å²) < 4.78 is 32.6. The van der Waals surface area contributed by atoms with Crippen LogP contribution in [-0.2, 0) is 10.0 Å². The first-order chi connectivity index (χ1) is 12.4. The van der Waals surface area contributed by atoms with Crippen molar-refractivity contribution in [3.63, 3.8) is 0 Å². The van der Waals surface area contributed by atoms with Gasteiger partial charge in [-0.1, -0.05) is 29.3 Å². The highest BCUT2D eigenvalue weighted by molar-refractivity contribution is 7.89. The summed E-state index contributed by atoms with van der Waals surface area (Å²) >= 11 is 6.11. The molecule has 1 saturated heterocycles. The molecule has 1 fully saturated rings. The molecule has 0 spiro atoms. The fraction of sp³-hybridized carbons (Fsp3) is 0.368. The van der Waals surface area contributed by atoms with Crippen molar-refractivity contribution >= 4 is 27.3 Å². The van der Waals surface area contributed by atoms with Crippen molar-refractivity contribution in [3.8, 4) is 5.75 Å². The average molecular weight is 395 g/mol. The van der Waals surface area contributed by atoms with E-state index < -0.39 is 10.0 Å². The second-order valence-corrected chi connectivity index (χ2v) is 8.72. The van der Waals surface area contributed by atoms with Crippen LogP contribution in [-0.4, -0.2) is 46.0 Å². The summed E-state index contributed by atoms with van der Waals surface area (Å²) in [4.78, 5) is 2.43. The molecule has 0 unspecified atom stereocenters. The van der Waals surface area contributed by atoms with E-state index in [9.17, 15) is 8.42 Å². The summed E-state index contributed by atoms with van der Waals surface area (Å²) in [7, 11) is -2.07. The monoisotopic (exact) mass is 394 g/mol. The highest BCUT2D eigenvalue weighted by Gasteiger charge is 2.27. The number of benzene rings is 2. The van der Waals surface area contributed by atoms with Crippen molar-refractivity contribution in [1.82, 2.24) is 4.31 Å². The van der Waals surface area contributed by atoms with Crippen molar-refractivity contribution in [2.45, 2.75) is 18.2 Å². The highest BCUT2D eigenvalue weighted by atomic mass is 35.5. The van der Waals surface area contributed by atoms with Crippen LogP contribution in [0.25, 0.3) is 0 Å². The molecule has 2 aromatic rings. The lowest BCUT2D eigenvalue weighted by atomic mass is 10.2. The normalized spacial score (nSPS) is 16.3. The molecule has 0 saturated carbocycles. The Hall–Kier alpha value is -1.76. The molecule has 0 radical (unpaired) electrons. The van der Waals surface area contributed by atoms with Crippen LogP contribution in [0.5, 0.6) is 5.75 Å². The van der Waals surface area contributed by atoms with Crippen LogP contribution >= 0.6 is 11.6 Å². The summed E-state index contributed by atoms with van der Waals surface area (Å²) in [5.74, 6) is 0.465. The van der Waals surface area contributed by atoms with Gasteiger partial charge in [0, 0.05) is 31.9 Å². The van der Waals surface area contributed by atoms with E-state index in [0.717, 1.165) is 18.7 Å². The van der Waals surface area contributed by atoms with Gasteiger partial charge in [0.15, 0.2) is 0 Å². The molecule has 7 heteroatoms. The number of aryl methyl sites for hydroxylation is 1. The molecule has 5 nitrogen and oxygen atoms in total. The van der Waals surface area contributed by atoms with Gasteiger partial charge in [0.1, 0.15) is 5.75 Å². The van der Waals surface area contributed by atoms with E-state index in [4.69, 9.17) is 16.3 Å². The molecule has 26 heavy (non-hydrogen) atoms. The lowest BCUT2D eigenvalue weighted by molar-refractivity contribution is 0.414. The lowest BCUT2D eigenvalue weighted by Crippen LogP contribution is -2.35. The molecule has 1 aliphatic heterocycles. The lowest BCUT2D eigenvalue weighted by Gasteiger charge is -2.23. The number of hydrogen-bond acceptors (Lipinski definition) is 4. The van der Waals surface area contributed by atoms with Gasteiger partial charge in [0.05, 0.1) is 17.0 Å². The predicted molar refractivity (Wildman–Crippen MR) is 105 cm³/mol. The third kappa shape index (κ3) is 3.98. The summed E-state index contributed by atoms with van der Waals surface area (Å²) in [6.07, 6.45) is 0.775. The Morgan fingerprint density at radius 3 is 2.38 bits per heavy atom. The summed E-state index contributed by atoms with van der Waals surface area (Å²) in [5, 5.41) is 0.296. The van der Waals surface area contributed by atoms with E-state index in [1.54, 1.807) is 16.4 Å². The molecule has 0 bridgehead atoms. The van der Waals surface area contributed by atoms with Crippen molar-refractivity contribution in [2.24, 2.45) is 0 Å². The van der Waals surface area contributed by atoms with Crippen LogP contribution in [0.2, 0.25) is 5.02 Å². The molecule has 3 rings (SSSR count). The third-order valence-electron chi connectivity index (χ3n) is 4.62.